The molecule has 0 saturated heterocycles. The molecule has 0 amide bonds. The van der Waals surface area contributed by atoms with Crippen LogP contribution < -0.4 is 29.1 Å². The molecule has 1 aliphatic heterocycles. The van der Waals surface area contributed by atoms with Gasteiger partial charge in [-0.1, -0.05) is 53.8 Å². The lowest BCUT2D eigenvalue weighted by Crippen LogP contribution is -2.40. The SMILES string of the molecule is CCOC(=O)C1=C(C)N=c2s/c(=C\c3cccc(OC)c3OC)c(=O)n2[C@H]1c1c(OC)ccc2ccccc12. The normalized spacial score (nSPS) is 15.1. The highest BCUT2D eigenvalue weighted by atomic mass is 32.1. The van der Waals surface area contributed by atoms with Crippen molar-refractivity contribution in [3.63, 3.8) is 0 Å². The van der Waals surface area contributed by atoms with Crippen molar-refractivity contribution in [3.8, 4) is 17.2 Å². The second-order valence-electron chi connectivity index (χ2n) is 8.79. The van der Waals surface area contributed by atoms with E-state index in [1.54, 1.807) is 51.9 Å². The van der Waals surface area contributed by atoms with Gasteiger partial charge in [0.2, 0.25) is 0 Å². The quantitative estimate of drug-likeness (QED) is 0.327. The molecular formula is C30H28N2O6S. The number of fused-ring (bicyclic) bond motifs is 2. The molecule has 0 bridgehead atoms. The zero-order chi connectivity index (χ0) is 27.7. The molecule has 39 heavy (non-hydrogen) atoms. The topological polar surface area (TPSA) is 88.4 Å². The highest BCUT2D eigenvalue weighted by Gasteiger charge is 2.36. The molecule has 0 spiro atoms. The van der Waals surface area contributed by atoms with Crippen molar-refractivity contribution in [3.05, 3.63) is 96.7 Å². The fraction of sp³-hybridized carbons (Fsp3) is 0.233. The molecule has 1 atom stereocenters. The number of nitrogens with zero attached hydrogens (tertiary/aromatic N) is 2. The van der Waals surface area contributed by atoms with Gasteiger partial charge in [0.15, 0.2) is 16.3 Å². The molecule has 0 radical (unpaired) electrons. The van der Waals surface area contributed by atoms with Crippen LogP contribution in [0.3, 0.4) is 0 Å². The number of carbonyl (C=O) groups is 1. The van der Waals surface area contributed by atoms with Gasteiger partial charge < -0.3 is 18.9 Å². The van der Waals surface area contributed by atoms with Crippen LogP contribution in [0.1, 0.15) is 31.0 Å². The summed E-state index contributed by atoms with van der Waals surface area (Å²) in [5.41, 5.74) is 1.87. The molecule has 1 aliphatic rings. The van der Waals surface area contributed by atoms with Crippen LogP contribution in [0.15, 0.2) is 75.7 Å². The summed E-state index contributed by atoms with van der Waals surface area (Å²) in [4.78, 5) is 32.6. The summed E-state index contributed by atoms with van der Waals surface area (Å²) in [7, 11) is 4.69. The van der Waals surface area contributed by atoms with Crippen LogP contribution in [-0.2, 0) is 9.53 Å². The monoisotopic (exact) mass is 544 g/mol. The predicted molar refractivity (Wildman–Crippen MR) is 150 cm³/mol. The van der Waals surface area contributed by atoms with E-state index in [1.165, 1.54) is 11.3 Å². The largest absolute Gasteiger partial charge is 0.496 e. The van der Waals surface area contributed by atoms with Crippen LogP contribution >= 0.6 is 11.3 Å². The van der Waals surface area contributed by atoms with Gasteiger partial charge in [0.05, 0.1) is 43.7 Å². The second kappa shape index (κ2) is 10.8. The first kappa shape index (κ1) is 26.2. The van der Waals surface area contributed by atoms with Crippen molar-refractivity contribution < 1.29 is 23.7 Å². The van der Waals surface area contributed by atoms with Crippen LogP contribution in [0.2, 0.25) is 0 Å². The van der Waals surface area contributed by atoms with E-state index in [2.05, 4.69) is 4.99 Å². The number of esters is 1. The van der Waals surface area contributed by atoms with Crippen molar-refractivity contribution in [2.24, 2.45) is 4.99 Å². The van der Waals surface area contributed by atoms with Gasteiger partial charge >= 0.3 is 5.97 Å². The lowest BCUT2D eigenvalue weighted by molar-refractivity contribution is -0.139. The van der Waals surface area contributed by atoms with E-state index in [1.807, 2.05) is 48.5 Å². The number of carbonyl (C=O) groups excluding carboxylic acids is 1. The van der Waals surface area contributed by atoms with Crippen LogP contribution in [0.4, 0.5) is 0 Å². The number of allylic oxidation sites excluding steroid dienone is 1. The fourth-order valence-corrected chi connectivity index (χ4v) is 6.00. The summed E-state index contributed by atoms with van der Waals surface area (Å²) >= 11 is 1.24. The molecule has 8 nitrogen and oxygen atoms in total. The van der Waals surface area contributed by atoms with Gasteiger partial charge in [0.25, 0.3) is 5.56 Å². The molecular weight excluding hydrogens is 516 g/mol. The number of para-hydroxylation sites is 1. The smallest absolute Gasteiger partial charge is 0.338 e. The summed E-state index contributed by atoms with van der Waals surface area (Å²) in [6.45, 7) is 3.70. The predicted octanol–water partition coefficient (Wildman–Crippen LogP) is 3.98. The van der Waals surface area contributed by atoms with E-state index >= 15 is 0 Å². The third-order valence-electron chi connectivity index (χ3n) is 6.66. The average Bonchev–Trinajstić information content (AvgIpc) is 3.25. The van der Waals surface area contributed by atoms with Crippen molar-refractivity contribution in [2.45, 2.75) is 19.9 Å². The standard InChI is InChI=1S/C30H28N2O6S/c1-6-38-29(34)24-17(2)31-30-32(26(24)25-20-12-8-7-10-18(20)14-15-21(25)35-3)28(33)23(39-30)16-19-11-9-13-22(36-4)27(19)37-5/h7-16,26H,6H2,1-5H3/b23-16-/t26-/m1/s1. The molecule has 4 aromatic rings. The lowest BCUT2D eigenvalue weighted by atomic mass is 9.90. The van der Waals surface area contributed by atoms with Crippen molar-refractivity contribution in [1.29, 1.82) is 0 Å². The summed E-state index contributed by atoms with van der Waals surface area (Å²) in [6, 6.07) is 16.3. The van der Waals surface area contributed by atoms with E-state index in [0.29, 0.717) is 49.0 Å². The van der Waals surface area contributed by atoms with Gasteiger partial charge in [0, 0.05) is 11.1 Å². The Kier molecular flexibility index (Phi) is 7.26. The van der Waals surface area contributed by atoms with Crippen LogP contribution in [-0.4, -0.2) is 38.5 Å². The van der Waals surface area contributed by atoms with Gasteiger partial charge in [-0.3, -0.25) is 9.36 Å². The number of aromatic nitrogens is 1. The molecule has 0 fully saturated rings. The first-order valence-electron chi connectivity index (χ1n) is 12.4. The number of methoxy groups -OCH3 is 3. The van der Waals surface area contributed by atoms with E-state index in [0.717, 1.165) is 10.8 Å². The summed E-state index contributed by atoms with van der Waals surface area (Å²) < 4.78 is 24.2. The first-order chi connectivity index (χ1) is 18.9. The highest BCUT2D eigenvalue weighted by Crippen LogP contribution is 2.40. The average molecular weight is 545 g/mol. The minimum Gasteiger partial charge on any atom is -0.496 e. The maximum atomic E-state index is 14.1. The Bertz CT molecular complexity index is 1800. The number of rotatable bonds is 7. The molecule has 3 aromatic carbocycles. The maximum Gasteiger partial charge on any atom is 0.338 e. The Morgan fingerprint density at radius 2 is 1.77 bits per heavy atom. The van der Waals surface area contributed by atoms with Gasteiger partial charge in [0.1, 0.15) is 11.8 Å². The first-order valence-corrected chi connectivity index (χ1v) is 13.2. The van der Waals surface area contributed by atoms with Crippen molar-refractivity contribution in [2.75, 3.05) is 27.9 Å². The molecule has 0 aliphatic carbocycles. The van der Waals surface area contributed by atoms with Gasteiger partial charge in [-0.15, -0.1) is 0 Å². The highest BCUT2D eigenvalue weighted by molar-refractivity contribution is 7.07. The summed E-state index contributed by atoms with van der Waals surface area (Å²) in [5.74, 6) is 1.10. The van der Waals surface area contributed by atoms with E-state index in [4.69, 9.17) is 18.9 Å². The Morgan fingerprint density at radius 3 is 2.49 bits per heavy atom. The molecule has 200 valence electrons. The second-order valence-corrected chi connectivity index (χ2v) is 9.80. The van der Waals surface area contributed by atoms with Gasteiger partial charge in [-0.2, -0.15) is 0 Å². The van der Waals surface area contributed by atoms with E-state index in [-0.39, 0.29) is 12.2 Å². The molecule has 0 N–H and O–H groups in total. The van der Waals surface area contributed by atoms with Gasteiger partial charge in [-0.05, 0) is 42.8 Å². The fourth-order valence-electron chi connectivity index (χ4n) is 4.97. The van der Waals surface area contributed by atoms with Crippen LogP contribution in [0.5, 0.6) is 17.2 Å². The number of hydrogen-bond acceptors (Lipinski definition) is 8. The molecule has 9 heteroatoms. The summed E-state index contributed by atoms with van der Waals surface area (Å²) in [5, 5.41) is 1.82. The Morgan fingerprint density at radius 1 is 1.00 bits per heavy atom. The molecule has 1 aromatic heterocycles. The molecule has 0 saturated carbocycles. The molecule has 0 unspecified atom stereocenters. The van der Waals surface area contributed by atoms with E-state index < -0.39 is 12.0 Å². The van der Waals surface area contributed by atoms with Gasteiger partial charge in [-0.25, -0.2) is 9.79 Å². The minimum atomic E-state index is -0.810. The lowest BCUT2D eigenvalue weighted by Gasteiger charge is -2.27. The molecule has 2 heterocycles. The van der Waals surface area contributed by atoms with Crippen molar-refractivity contribution >= 4 is 34.2 Å². The van der Waals surface area contributed by atoms with Crippen molar-refractivity contribution in [1.82, 2.24) is 4.57 Å². The van der Waals surface area contributed by atoms with Crippen LogP contribution in [0, 0.1) is 0 Å². The maximum absolute atomic E-state index is 14.1. The Hall–Kier alpha value is -4.37. The Labute approximate surface area is 229 Å². The minimum absolute atomic E-state index is 0.190. The number of hydrogen-bond donors (Lipinski definition) is 0. The number of benzene rings is 3. The number of thiazole rings is 1. The zero-order valence-electron chi connectivity index (χ0n) is 22.3. The van der Waals surface area contributed by atoms with E-state index in [9.17, 15) is 9.59 Å². The summed E-state index contributed by atoms with van der Waals surface area (Å²) in [6.07, 6.45) is 1.76. The third-order valence-corrected chi connectivity index (χ3v) is 7.64. The number of ether oxygens (including phenoxy) is 4. The third kappa shape index (κ3) is 4.48. The molecule has 5 rings (SSSR count). The Balaban J connectivity index is 1.85. The zero-order valence-corrected chi connectivity index (χ0v) is 23.1. The van der Waals surface area contributed by atoms with Crippen LogP contribution in [0.25, 0.3) is 16.8 Å².